The molecule has 0 spiro atoms. The van der Waals surface area contributed by atoms with Gasteiger partial charge in [0.05, 0.1) is 13.2 Å². The van der Waals surface area contributed by atoms with Crippen LogP contribution in [0.15, 0.2) is 66.7 Å². The van der Waals surface area contributed by atoms with Gasteiger partial charge in [0.25, 0.3) is 0 Å². The molecule has 0 heterocycles. The summed E-state index contributed by atoms with van der Waals surface area (Å²) in [5, 5.41) is 9.40. The highest BCUT2D eigenvalue weighted by Crippen LogP contribution is 2.29. The number of methoxy groups -OCH3 is 1. The van der Waals surface area contributed by atoms with Crippen LogP contribution in [-0.4, -0.2) is 13.1 Å². The fraction of sp³-hybridized carbons (Fsp3) is 0.238. The standard InChI is InChI=1S/C21H21NO2/c1-3-16(20(15-22)21(23)24-2)14-19(17-10-6-4-7-11-17)18-12-8-5-9-13-18/h4-14,16,20H,3H2,1-2H3/t16-,20?/m0/s1. The van der Waals surface area contributed by atoms with Crippen LogP contribution in [0, 0.1) is 23.2 Å². The third kappa shape index (κ3) is 4.11. The lowest BCUT2D eigenvalue weighted by Crippen LogP contribution is -2.22. The molecule has 1 unspecified atom stereocenters. The van der Waals surface area contributed by atoms with Crippen molar-refractivity contribution < 1.29 is 9.53 Å². The molecule has 0 fully saturated rings. The molecule has 3 nitrogen and oxygen atoms in total. The van der Waals surface area contributed by atoms with Gasteiger partial charge < -0.3 is 4.74 Å². The zero-order valence-corrected chi connectivity index (χ0v) is 14.0. The number of benzene rings is 2. The SMILES string of the molecule is CC[C@@H](C=C(c1ccccc1)c1ccccc1)C(C#N)C(=O)OC. The fourth-order valence-corrected chi connectivity index (χ4v) is 2.71. The second-order valence-corrected chi connectivity index (χ2v) is 5.51. The predicted octanol–water partition coefficient (Wildman–Crippen LogP) is 4.46. The summed E-state index contributed by atoms with van der Waals surface area (Å²) in [4.78, 5) is 11.9. The molecule has 0 saturated carbocycles. The second kappa shape index (κ2) is 8.69. The van der Waals surface area contributed by atoms with E-state index in [0.717, 1.165) is 16.7 Å². The molecule has 2 aromatic carbocycles. The number of nitrogens with zero attached hydrogens (tertiary/aromatic N) is 1. The Labute approximate surface area is 143 Å². The normalized spacial score (nSPS) is 12.5. The van der Waals surface area contributed by atoms with E-state index in [1.807, 2.05) is 73.7 Å². The van der Waals surface area contributed by atoms with E-state index in [2.05, 4.69) is 6.07 Å². The zero-order valence-electron chi connectivity index (χ0n) is 14.0. The lowest BCUT2D eigenvalue weighted by Gasteiger charge is -2.18. The van der Waals surface area contributed by atoms with Crippen LogP contribution in [0.4, 0.5) is 0 Å². The molecular formula is C21H21NO2. The van der Waals surface area contributed by atoms with Gasteiger partial charge in [-0.2, -0.15) is 5.26 Å². The van der Waals surface area contributed by atoms with Gasteiger partial charge in [0.15, 0.2) is 0 Å². The minimum Gasteiger partial charge on any atom is -0.468 e. The van der Waals surface area contributed by atoms with E-state index in [4.69, 9.17) is 4.74 Å². The van der Waals surface area contributed by atoms with E-state index in [0.29, 0.717) is 6.42 Å². The summed E-state index contributed by atoms with van der Waals surface area (Å²) in [6, 6.07) is 22.1. The third-order valence-corrected chi connectivity index (χ3v) is 4.04. The van der Waals surface area contributed by atoms with Crippen molar-refractivity contribution in [2.45, 2.75) is 13.3 Å². The van der Waals surface area contributed by atoms with Crippen molar-refractivity contribution in [3.8, 4) is 6.07 Å². The number of rotatable bonds is 6. The van der Waals surface area contributed by atoms with Crippen molar-refractivity contribution in [3.05, 3.63) is 77.9 Å². The number of esters is 1. The van der Waals surface area contributed by atoms with Crippen molar-refractivity contribution in [1.29, 1.82) is 5.26 Å². The molecule has 0 saturated heterocycles. The Bertz CT molecular complexity index is 688. The van der Waals surface area contributed by atoms with Crippen LogP contribution in [-0.2, 0) is 9.53 Å². The third-order valence-electron chi connectivity index (χ3n) is 4.04. The largest absolute Gasteiger partial charge is 0.468 e. The smallest absolute Gasteiger partial charge is 0.323 e. The minimum absolute atomic E-state index is 0.210. The molecule has 0 aliphatic rings. The molecule has 0 radical (unpaired) electrons. The van der Waals surface area contributed by atoms with Gasteiger partial charge >= 0.3 is 5.97 Å². The van der Waals surface area contributed by atoms with Crippen LogP contribution in [0.3, 0.4) is 0 Å². The minimum atomic E-state index is -0.803. The van der Waals surface area contributed by atoms with Crippen LogP contribution in [0.25, 0.3) is 5.57 Å². The first-order valence-electron chi connectivity index (χ1n) is 8.01. The molecule has 2 rings (SSSR count). The molecule has 3 heteroatoms. The van der Waals surface area contributed by atoms with Crippen molar-refractivity contribution in [3.63, 3.8) is 0 Å². The van der Waals surface area contributed by atoms with Crippen LogP contribution in [0.1, 0.15) is 24.5 Å². The first kappa shape index (κ1) is 17.5. The first-order chi connectivity index (χ1) is 11.7. The number of carbonyl (C=O) groups is 1. The fourth-order valence-electron chi connectivity index (χ4n) is 2.71. The maximum Gasteiger partial charge on any atom is 0.323 e. The summed E-state index contributed by atoms with van der Waals surface area (Å²) in [5.41, 5.74) is 3.14. The Morgan fingerprint density at radius 1 is 1.08 bits per heavy atom. The van der Waals surface area contributed by atoms with Gasteiger partial charge in [-0.15, -0.1) is 0 Å². The Hall–Kier alpha value is -2.86. The highest BCUT2D eigenvalue weighted by atomic mass is 16.5. The molecule has 0 N–H and O–H groups in total. The molecule has 0 aliphatic heterocycles. The van der Waals surface area contributed by atoms with Gasteiger partial charge in [0, 0.05) is 5.92 Å². The van der Waals surface area contributed by atoms with E-state index in [9.17, 15) is 10.1 Å². The molecule has 24 heavy (non-hydrogen) atoms. The molecule has 0 amide bonds. The monoisotopic (exact) mass is 319 g/mol. The van der Waals surface area contributed by atoms with E-state index in [1.54, 1.807) is 0 Å². The maximum absolute atomic E-state index is 11.9. The summed E-state index contributed by atoms with van der Waals surface area (Å²) in [7, 11) is 1.32. The van der Waals surface area contributed by atoms with Crippen LogP contribution < -0.4 is 0 Å². The second-order valence-electron chi connectivity index (χ2n) is 5.51. The van der Waals surface area contributed by atoms with Gasteiger partial charge in [-0.3, -0.25) is 4.79 Å². The average molecular weight is 319 g/mol. The topological polar surface area (TPSA) is 50.1 Å². The number of ether oxygens (including phenoxy) is 1. The first-order valence-corrected chi connectivity index (χ1v) is 8.01. The summed E-state index contributed by atoms with van der Waals surface area (Å²) in [5.74, 6) is -1.50. The van der Waals surface area contributed by atoms with Gasteiger partial charge in [0.1, 0.15) is 5.92 Å². The molecule has 0 aromatic heterocycles. The number of carbonyl (C=O) groups excluding carboxylic acids is 1. The molecule has 0 bridgehead atoms. The van der Waals surface area contributed by atoms with Gasteiger partial charge in [-0.1, -0.05) is 73.7 Å². The lowest BCUT2D eigenvalue weighted by molar-refractivity contribution is -0.144. The van der Waals surface area contributed by atoms with Gasteiger partial charge in [-0.25, -0.2) is 0 Å². The summed E-state index contributed by atoms with van der Waals surface area (Å²) < 4.78 is 4.79. The Morgan fingerprint density at radius 2 is 1.58 bits per heavy atom. The molecule has 2 aromatic rings. The van der Waals surface area contributed by atoms with Gasteiger partial charge in [-0.05, 0) is 23.1 Å². The zero-order chi connectivity index (χ0) is 17.4. The molecule has 0 aliphatic carbocycles. The van der Waals surface area contributed by atoms with Gasteiger partial charge in [0.2, 0.25) is 0 Å². The van der Waals surface area contributed by atoms with Crippen molar-refractivity contribution in [2.24, 2.45) is 11.8 Å². The number of hydrogen-bond acceptors (Lipinski definition) is 3. The van der Waals surface area contributed by atoms with E-state index in [-0.39, 0.29) is 5.92 Å². The van der Waals surface area contributed by atoms with Crippen LogP contribution in [0.5, 0.6) is 0 Å². The molecular weight excluding hydrogens is 298 g/mol. The Kier molecular flexibility index (Phi) is 6.33. The van der Waals surface area contributed by atoms with E-state index >= 15 is 0 Å². The highest BCUT2D eigenvalue weighted by molar-refractivity contribution is 5.81. The van der Waals surface area contributed by atoms with Crippen LogP contribution >= 0.6 is 0 Å². The van der Waals surface area contributed by atoms with E-state index < -0.39 is 11.9 Å². The summed E-state index contributed by atoms with van der Waals surface area (Å²) >= 11 is 0. The highest BCUT2D eigenvalue weighted by Gasteiger charge is 2.27. The lowest BCUT2D eigenvalue weighted by atomic mass is 9.86. The summed E-state index contributed by atoms with van der Waals surface area (Å²) in [6.07, 6.45) is 2.70. The van der Waals surface area contributed by atoms with Crippen molar-refractivity contribution in [1.82, 2.24) is 0 Å². The quantitative estimate of drug-likeness (QED) is 0.739. The van der Waals surface area contributed by atoms with Crippen molar-refractivity contribution in [2.75, 3.05) is 7.11 Å². The average Bonchev–Trinajstić information content (AvgIpc) is 2.66. The molecule has 2 atom stereocenters. The summed E-state index contributed by atoms with van der Waals surface area (Å²) in [6.45, 7) is 1.97. The number of allylic oxidation sites excluding steroid dienone is 1. The molecule has 122 valence electrons. The maximum atomic E-state index is 11.9. The van der Waals surface area contributed by atoms with Crippen LogP contribution in [0.2, 0.25) is 0 Å². The van der Waals surface area contributed by atoms with E-state index in [1.165, 1.54) is 7.11 Å². The number of nitriles is 1. The number of hydrogen-bond donors (Lipinski definition) is 0. The Morgan fingerprint density at radius 3 is 1.96 bits per heavy atom. The predicted molar refractivity (Wildman–Crippen MR) is 94.9 cm³/mol. The Balaban J connectivity index is 2.51. The van der Waals surface area contributed by atoms with Crippen molar-refractivity contribution >= 4 is 11.5 Å².